The quantitative estimate of drug-likeness (QED) is 0.412. The number of hydrazone groups is 1. The normalized spacial score (nSPS) is 11.6. The van der Waals surface area contributed by atoms with Gasteiger partial charge in [-0.25, -0.2) is 4.98 Å². The highest BCUT2D eigenvalue weighted by molar-refractivity contribution is 9.19. The maximum atomic E-state index is 12.3. The van der Waals surface area contributed by atoms with Crippen LogP contribution in [0.2, 0.25) is 0 Å². The van der Waals surface area contributed by atoms with Crippen molar-refractivity contribution < 1.29 is 4.79 Å². The topological polar surface area (TPSA) is 54.4 Å². The number of aryl methyl sites for hydroxylation is 1. The fourth-order valence-electron chi connectivity index (χ4n) is 1.85. The van der Waals surface area contributed by atoms with E-state index in [4.69, 9.17) is 0 Å². The zero-order chi connectivity index (χ0) is 15.5. The molecule has 2 aromatic carbocycles. The molecular formula is C16H12BrN3OS. The number of carbonyl (C=O) groups excluding carboxylic acids is 1. The molecule has 0 fully saturated rings. The number of Topliss-reactive ketones (excluding diaryl/α,β-unsaturated/α-hetero) is 1. The van der Waals surface area contributed by atoms with Crippen molar-refractivity contribution in [3.63, 3.8) is 0 Å². The summed E-state index contributed by atoms with van der Waals surface area (Å²) in [4.78, 5) is 16.7. The maximum Gasteiger partial charge on any atom is 0.248 e. The Bertz CT molecular complexity index is 822. The predicted octanol–water partition coefficient (Wildman–Crippen LogP) is 4.61. The van der Waals surface area contributed by atoms with E-state index in [0.29, 0.717) is 5.01 Å². The molecule has 110 valence electrons. The molecule has 1 aromatic heterocycles. The van der Waals surface area contributed by atoms with E-state index in [1.54, 1.807) is 0 Å². The van der Waals surface area contributed by atoms with Crippen molar-refractivity contribution in [1.29, 1.82) is 0 Å². The van der Waals surface area contributed by atoms with Crippen LogP contribution in [0.25, 0.3) is 10.2 Å². The lowest BCUT2D eigenvalue weighted by molar-refractivity contribution is 0.106. The van der Waals surface area contributed by atoms with E-state index in [-0.39, 0.29) is 10.4 Å². The van der Waals surface area contributed by atoms with Crippen LogP contribution >= 0.6 is 27.3 Å². The summed E-state index contributed by atoms with van der Waals surface area (Å²) in [6.07, 6.45) is 0. The summed E-state index contributed by atoms with van der Waals surface area (Å²) in [6.45, 7) is 2.01. The van der Waals surface area contributed by atoms with Crippen molar-refractivity contribution in [3.05, 3.63) is 59.1 Å². The van der Waals surface area contributed by atoms with E-state index in [0.717, 1.165) is 15.9 Å². The van der Waals surface area contributed by atoms with Gasteiger partial charge in [-0.3, -0.25) is 10.2 Å². The lowest BCUT2D eigenvalue weighted by Crippen LogP contribution is -2.09. The third-order valence-corrected chi connectivity index (χ3v) is 4.58. The molecule has 0 unspecified atom stereocenters. The number of nitrogens with zero attached hydrogens (tertiary/aromatic N) is 2. The van der Waals surface area contributed by atoms with Crippen molar-refractivity contribution in [2.75, 3.05) is 5.43 Å². The second kappa shape index (κ2) is 6.37. The zero-order valence-electron chi connectivity index (χ0n) is 11.7. The van der Waals surface area contributed by atoms with Crippen molar-refractivity contribution in [3.8, 4) is 0 Å². The Labute approximate surface area is 140 Å². The number of carbonyl (C=O) groups is 1. The molecule has 22 heavy (non-hydrogen) atoms. The number of para-hydroxylation sites is 1. The number of benzene rings is 2. The summed E-state index contributed by atoms with van der Waals surface area (Å²) in [6, 6.07) is 15.4. The fourth-order valence-corrected chi connectivity index (χ4v) is 3.16. The molecular weight excluding hydrogens is 362 g/mol. The second-order valence-corrected chi connectivity index (χ2v) is 6.48. The van der Waals surface area contributed by atoms with Crippen LogP contribution in [0.4, 0.5) is 5.69 Å². The predicted molar refractivity (Wildman–Crippen MR) is 95.1 cm³/mol. The van der Waals surface area contributed by atoms with Crippen LogP contribution < -0.4 is 5.43 Å². The molecule has 3 aromatic rings. The molecule has 0 saturated carbocycles. The minimum Gasteiger partial charge on any atom is -0.283 e. The molecule has 3 rings (SSSR count). The standard InChI is InChI=1S/C16H12BrN3OS/c1-10-6-8-11(9-7-10)19-20-15(17)14(21)16-18-12-4-2-3-5-13(12)22-16/h2-9,19H,1H3/b20-15-. The number of halogens is 1. The summed E-state index contributed by atoms with van der Waals surface area (Å²) in [5, 5.41) is 4.49. The van der Waals surface area contributed by atoms with Crippen molar-refractivity contribution in [2.24, 2.45) is 5.10 Å². The summed E-state index contributed by atoms with van der Waals surface area (Å²) < 4.78 is 1.18. The Hall–Kier alpha value is -2.05. The van der Waals surface area contributed by atoms with Crippen LogP contribution in [0.1, 0.15) is 15.4 Å². The highest BCUT2D eigenvalue weighted by Crippen LogP contribution is 2.22. The van der Waals surface area contributed by atoms with Crippen LogP contribution in [0.3, 0.4) is 0 Å². The van der Waals surface area contributed by atoms with Gasteiger partial charge in [0.1, 0.15) is 0 Å². The molecule has 0 radical (unpaired) electrons. The van der Waals surface area contributed by atoms with Gasteiger partial charge in [0, 0.05) is 0 Å². The van der Waals surface area contributed by atoms with E-state index < -0.39 is 0 Å². The molecule has 0 aliphatic rings. The van der Waals surface area contributed by atoms with Gasteiger partial charge in [0.2, 0.25) is 5.78 Å². The monoisotopic (exact) mass is 373 g/mol. The van der Waals surface area contributed by atoms with E-state index >= 15 is 0 Å². The summed E-state index contributed by atoms with van der Waals surface area (Å²) >= 11 is 4.57. The van der Waals surface area contributed by atoms with E-state index in [9.17, 15) is 4.79 Å². The summed E-state index contributed by atoms with van der Waals surface area (Å²) in [7, 11) is 0. The van der Waals surface area contributed by atoms with Gasteiger partial charge < -0.3 is 0 Å². The Kier molecular flexibility index (Phi) is 4.31. The smallest absolute Gasteiger partial charge is 0.248 e. The van der Waals surface area contributed by atoms with Gasteiger partial charge in [0.15, 0.2) is 9.63 Å². The van der Waals surface area contributed by atoms with Gasteiger partial charge in [0.05, 0.1) is 15.9 Å². The lowest BCUT2D eigenvalue weighted by Gasteiger charge is -2.01. The first-order chi connectivity index (χ1) is 10.6. The SMILES string of the molecule is Cc1ccc(N/N=C(\Br)C(=O)c2nc3ccccc3s2)cc1. The van der Waals surface area contributed by atoms with Crippen LogP contribution in [-0.4, -0.2) is 15.4 Å². The van der Waals surface area contributed by atoms with E-state index in [1.165, 1.54) is 16.9 Å². The number of hydrogen-bond donors (Lipinski definition) is 1. The van der Waals surface area contributed by atoms with Gasteiger partial charge in [-0.05, 0) is 47.1 Å². The largest absolute Gasteiger partial charge is 0.283 e. The number of thiazole rings is 1. The maximum absolute atomic E-state index is 12.3. The minimum atomic E-state index is -0.235. The molecule has 0 bridgehead atoms. The Morgan fingerprint density at radius 1 is 1.18 bits per heavy atom. The Morgan fingerprint density at radius 2 is 1.91 bits per heavy atom. The molecule has 0 aliphatic carbocycles. The molecule has 4 nitrogen and oxygen atoms in total. The first-order valence-corrected chi connectivity index (χ1v) is 8.20. The molecule has 0 atom stereocenters. The Morgan fingerprint density at radius 3 is 2.64 bits per heavy atom. The molecule has 0 amide bonds. The minimum absolute atomic E-state index is 0.201. The molecule has 0 saturated heterocycles. The highest BCUT2D eigenvalue weighted by Gasteiger charge is 2.16. The number of anilines is 1. The van der Waals surface area contributed by atoms with E-state index in [2.05, 4.69) is 31.4 Å². The first-order valence-electron chi connectivity index (χ1n) is 6.59. The Balaban J connectivity index is 1.78. The number of ketones is 1. The average Bonchev–Trinajstić information content (AvgIpc) is 2.97. The highest BCUT2D eigenvalue weighted by atomic mass is 79.9. The van der Waals surface area contributed by atoms with Gasteiger partial charge >= 0.3 is 0 Å². The third kappa shape index (κ3) is 3.23. The average molecular weight is 374 g/mol. The number of hydrogen-bond acceptors (Lipinski definition) is 5. The first kappa shape index (κ1) is 14.9. The number of rotatable bonds is 4. The van der Waals surface area contributed by atoms with Crippen molar-refractivity contribution in [1.82, 2.24) is 4.98 Å². The molecule has 0 spiro atoms. The van der Waals surface area contributed by atoms with Crippen LogP contribution in [0.15, 0.2) is 53.6 Å². The zero-order valence-corrected chi connectivity index (χ0v) is 14.1. The second-order valence-electron chi connectivity index (χ2n) is 4.70. The fraction of sp³-hybridized carbons (Fsp3) is 0.0625. The summed E-state index contributed by atoms with van der Waals surface area (Å²) in [5.41, 5.74) is 5.66. The van der Waals surface area contributed by atoms with Gasteiger partial charge in [-0.15, -0.1) is 11.3 Å². The molecule has 0 aliphatic heterocycles. The van der Waals surface area contributed by atoms with Gasteiger partial charge in [0.25, 0.3) is 0 Å². The third-order valence-electron chi connectivity index (χ3n) is 3.01. The van der Waals surface area contributed by atoms with Crippen LogP contribution in [0.5, 0.6) is 0 Å². The molecule has 6 heteroatoms. The summed E-state index contributed by atoms with van der Waals surface area (Å²) in [5.74, 6) is -0.235. The van der Waals surface area contributed by atoms with Crippen molar-refractivity contribution >= 4 is 53.6 Å². The van der Waals surface area contributed by atoms with E-state index in [1.807, 2.05) is 55.5 Å². The van der Waals surface area contributed by atoms with Gasteiger partial charge in [-0.1, -0.05) is 29.8 Å². The number of fused-ring (bicyclic) bond motifs is 1. The number of aromatic nitrogens is 1. The van der Waals surface area contributed by atoms with Gasteiger partial charge in [-0.2, -0.15) is 5.10 Å². The van der Waals surface area contributed by atoms with Crippen molar-refractivity contribution in [2.45, 2.75) is 6.92 Å². The number of nitrogens with one attached hydrogen (secondary N) is 1. The molecule has 1 N–H and O–H groups in total. The lowest BCUT2D eigenvalue weighted by atomic mass is 10.2. The van der Waals surface area contributed by atoms with Crippen LogP contribution in [0, 0.1) is 6.92 Å². The van der Waals surface area contributed by atoms with Crippen LogP contribution in [-0.2, 0) is 0 Å². The molecule has 1 heterocycles.